The average molecular weight is 353 g/mol. The van der Waals surface area contributed by atoms with Gasteiger partial charge in [-0.15, -0.1) is 17.9 Å². The molecule has 3 aromatic rings. The number of hydrogen-bond donors (Lipinski definition) is 0. The van der Waals surface area contributed by atoms with Crippen molar-refractivity contribution in [2.24, 2.45) is 0 Å². The molecule has 0 atom stereocenters. The Morgan fingerprint density at radius 1 is 1.28 bits per heavy atom. The van der Waals surface area contributed by atoms with Gasteiger partial charge in [0.25, 0.3) is 11.5 Å². The lowest BCUT2D eigenvalue weighted by Crippen LogP contribution is -2.34. The topological polar surface area (TPSA) is 55.2 Å². The van der Waals surface area contributed by atoms with Crippen molar-refractivity contribution in [3.8, 4) is 0 Å². The molecule has 1 amide bonds. The van der Waals surface area contributed by atoms with Gasteiger partial charge in [-0.3, -0.25) is 9.59 Å². The summed E-state index contributed by atoms with van der Waals surface area (Å²) in [5.41, 5.74) is 0.124. The van der Waals surface area contributed by atoms with Crippen molar-refractivity contribution in [2.75, 3.05) is 6.54 Å². The molecule has 0 bridgehead atoms. The molecule has 25 heavy (non-hydrogen) atoms. The van der Waals surface area contributed by atoms with E-state index < -0.39 is 0 Å². The quantitative estimate of drug-likeness (QED) is 0.639. The van der Waals surface area contributed by atoms with Gasteiger partial charge in [-0.2, -0.15) is 5.10 Å². The highest BCUT2D eigenvalue weighted by Gasteiger charge is 2.21. The van der Waals surface area contributed by atoms with Crippen LogP contribution in [0.5, 0.6) is 0 Å². The maximum atomic E-state index is 13.2. The van der Waals surface area contributed by atoms with Crippen LogP contribution in [0.15, 0.2) is 59.2 Å². The molecular formula is C19H19N3O2S. The summed E-state index contributed by atoms with van der Waals surface area (Å²) in [6.45, 7) is 6.91. The third kappa shape index (κ3) is 3.39. The minimum Gasteiger partial charge on any atom is -0.328 e. The van der Waals surface area contributed by atoms with Crippen LogP contribution in [0.4, 0.5) is 0 Å². The number of carbonyl (C=O) groups is 1. The number of fused-ring (bicyclic) bond motifs is 1. The van der Waals surface area contributed by atoms with Crippen LogP contribution in [-0.2, 0) is 13.1 Å². The monoisotopic (exact) mass is 353 g/mol. The van der Waals surface area contributed by atoms with Crippen molar-refractivity contribution in [1.29, 1.82) is 0 Å². The fourth-order valence-electron chi connectivity index (χ4n) is 2.72. The van der Waals surface area contributed by atoms with E-state index >= 15 is 0 Å². The van der Waals surface area contributed by atoms with E-state index in [1.54, 1.807) is 40.5 Å². The number of nitrogens with zero attached hydrogens (tertiary/aromatic N) is 3. The first-order chi connectivity index (χ1) is 12.2. The Hall–Kier alpha value is -2.73. The highest BCUT2D eigenvalue weighted by molar-refractivity contribution is 7.09. The molecule has 0 radical (unpaired) electrons. The zero-order chi connectivity index (χ0) is 17.8. The fourth-order valence-corrected chi connectivity index (χ4v) is 3.44. The van der Waals surface area contributed by atoms with Gasteiger partial charge in [-0.25, -0.2) is 4.68 Å². The van der Waals surface area contributed by atoms with Gasteiger partial charge < -0.3 is 4.90 Å². The highest BCUT2D eigenvalue weighted by atomic mass is 32.1. The van der Waals surface area contributed by atoms with E-state index in [2.05, 4.69) is 11.7 Å². The largest absolute Gasteiger partial charge is 0.328 e. The Kier molecular flexibility index (Phi) is 5.09. The van der Waals surface area contributed by atoms with Gasteiger partial charge in [0.2, 0.25) is 0 Å². The molecule has 0 spiro atoms. The lowest BCUT2D eigenvalue weighted by molar-refractivity contribution is 0.0758. The molecule has 2 heterocycles. The van der Waals surface area contributed by atoms with Crippen LogP contribution in [0, 0.1) is 0 Å². The van der Waals surface area contributed by atoms with Crippen LogP contribution >= 0.6 is 11.3 Å². The first-order valence-corrected chi connectivity index (χ1v) is 8.96. The Labute approximate surface area is 149 Å². The molecular weight excluding hydrogens is 334 g/mol. The number of rotatable bonds is 6. The molecule has 0 fully saturated rings. The summed E-state index contributed by atoms with van der Waals surface area (Å²) < 4.78 is 1.34. The van der Waals surface area contributed by atoms with Gasteiger partial charge in [0.1, 0.15) is 0 Å². The van der Waals surface area contributed by atoms with E-state index in [1.807, 2.05) is 30.5 Å². The van der Waals surface area contributed by atoms with Crippen molar-refractivity contribution in [3.05, 3.63) is 75.4 Å². The molecule has 1 aromatic carbocycles. The van der Waals surface area contributed by atoms with Gasteiger partial charge >= 0.3 is 0 Å². The van der Waals surface area contributed by atoms with Gasteiger partial charge in [0, 0.05) is 23.4 Å². The Morgan fingerprint density at radius 2 is 2.04 bits per heavy atom. The maximum Gasteiger partial charge on any atom is 0.275 e. The number of benzene rings is 1. The minimum absolute atomic E-state index is 0.178. The summed E-state index contributed by atoms with van der Waals surface area (Å²) in [7, 11) is 0. The number of aromatic nitrogens is 2. The van der Waals surface area contributed by atoms with Crippen LogP contribution in [0.2, 0.25) is 0 Å². The maximum absolute atomic E-state index is 13.2. The molecule has 0 unspecified atom stereocenters. The van der Waals surface area contributed by atoms with E-state index in [0.717, 1.165) is 4.88 Å². The van der Waals surface area contributed by atoms with Crippen molar-refractivity contribution in [2.45, 2.75) is 20.0 Å². The van der Waals surface area contributed by atoms with E-state index in [0.29, 0.717) is 36.1 Å². The summed E-state index contributed by atoms with van der Waals surface area (Å²) in [5.74, 6) is -0.202. The van der Waals surface area contributed by atoms with Crippen LogP contribution in [-0.4, -0.2) is 27.1 Å². The molecule has 6 heteroatoms. The first-order valence-electron chi connectivity index (χ1n) is 8.08. The lowest BCUT2D eigenvalue weighted by atomic mass is 10.1. The van der Waals surface area contributed by atoms with Crippen molar-refractivity contribution in [3.63, 3.8) is 0 Å². The summed E-state index contributed by atoms with van der Waals surface area (Å²) in [4.78, 5) is 28.4. The van der Waals surface area contributed by atoms with Crippen molar-refractivity contribution < 1.29 is 4.79 Å². The number of carbonyl (C=O) groups excluding carboxylic acids is 1. The second-order valence-corrected chi connectivity index (χ2v) is 6.60. The predicted molar refractivity (Wildman–Crippen MR) is 101 cm³/mol. The van der Waals surface area contributed by atoms with E-state index in [1.165, 1.54) is 4.68 Å². The second kappa shape index (κ2) is 7.44. The number of aryl methyl sites for hydroxylation is 1. The third-order valence-electron chi connectivity index (χ3n) is 3.93. The molecule has 0 aliphatic carbocycles. The van der Waals surface area contributed by atoms with Gasteiger partial charge in [0.05, 0.1) is 11.9 Å². The molecule has 3 rings (SSSR count). The number of amides is 1. The fraction of sp³-hybridized carbons (Fsp3) is 0.211. The second-order valence-electron chi connectivity index (χ2n) is 5.57. The lowest BCUT2D eigenvalue weighted by Gasteiger charge is -2.21. The first kappa shape index (κ1) is 17.1. The van der Waals surface area contributed by atoms with Gasteiger partial charge in [0.15, 0.2) is 5.69 Å². The molecule has 0 saturated heterocycles. The molecule has 0 saturated carbocycles. The van der Waals surface area contributed by atoms with Crippen molar-refractivity contribution >= 4 is 28.0 Å². The van der Waals surface area contributed by atoms with Crippen LogP contribution < -0.4 is 5.56 Å². The zero-order valence-electron chi connectivity index (χ0n) is 14.0. The molecule has 2 aromatic heterocycles. The molecule has 0 aliphatic heterocycles. The van der Waals surface area contributed by atoms with E-state index in [4.69, 9.17) is 0 Å². The van der Waals surface area contributed by atoms with E-state index in [-0.39, 0.29) is 11.5 Å². The van der Waals surface area contributed by atoms with Crippen LogP contribution in [0.25, 0.3) is 10.8 Å². The number of hydrogen-bond acceptors (Lipinski definition) is 4. The minimum atomic E-state index is -0.202. The summed E-state index contributed by atoms with van der Waals surface area (Å²) in [6, 6.07) is 11.1. The summed E-state index contributed by atoms with van der Waals surface area (Å²) in [6.07, 6.45) is 1.70. The van der Waals surface area contributed by atoms with Crippen molar-refractivity contribution in [1.82, 2.24) is 14.7 Å². The molecule has 128 valence electrons. The molecule has 5 nitrogen and oxygen atoms in total. The van der Waals surface area contributed by atoms with Gasteiger partial charge in [-0.1, -0.05) is 30.3 Å². The van der Waals surface area contributed by atoms with Crippen LogP contribution in [0.1, 0.15) is 22.3 Å². The average Bonchev–Trinajstić information content (AvgIpc) is 3.14. The zero-order valence-corrected chi connectivity index (χ0v) is 14.8. The van der Waals surface area contributed by atoms with Crippen LogP contribution in [0.3, 0.4) is 0 Å². The summed E-state index contributed by atoms with van der Waals surface area (Å²) in [5, 5.41) is 7.41. The smallest absolute Gasteiger partial charge is 0.275 e. The Bertz CT molecular complexity index is 960. The SMILES string of the molecule is C=CCN(Cc1cccs1)C(=O)c1nn(CC)c(=O)c2ccccc12. The molecule has 0 N–H and O–H groups in total. The Balaban J connectivity index is 2.09. The van der Waals surface area contributed by atoms with Gasteiger partial charge in [-0.05, 0) is 24.4 Å². The number of thiophene rings is 1. The predicted octanol–water partition coefficient (Wildman–Crippen LogP) is 3.31. The standard InChI is InChI=1S/C19H19N3O2S/c1-3-11-21(13-14-8-7-12-25-14)19(24)17-15-9-5-6-10-16(15)18(23)22(4-2)20-17/h3,5-10,12H,1,4,11,13H2,2H3. The summed E-state index contributed by atoms with van der Waals surface area (Å²) >= 11 is 1.60. The normalized spacial score (nSPS) is 10.8. The third-order valence-corrected chi connectivity index (χ3v) is 4.79. The highest BCUT2D eigenvalue weighted by Crippen LogP contribution is 2.18. The molecule has 0 aliphatic rings. The van der Waals surface area contributed by atoms with E-state index in [9.17, 15) is 9.59 Å². The Morgan fingerprint density at radius 3 is 2.68 bits per heavy atom.